The minimum absolute atomic E-state index is 0.375. The van der Waals surface area contributed by atoms with Crippen molar-refractivity contribution in [2.75, 3.05) is 0 Å². The van der Waals surface area contributed by atoms with Crippen LogP contribution in [0, 0.1) is 23.2 Å². The molecule has 0 N–H and O–H groups in total. The quantitative estimate of drug-likeness (QED) is 0.630. The molecule has 0 heterocycles. The SMILES string of the molecule is N#Cc1ccc(C#CC=O)cc1OCc1ccccc1. The monoisotopic (exact) mass is 261 g/mol. The average Bonchev–Trinajstić information content (AvgIpc) is 2.52. The Bertz CT molecular complexity index is 703. The second kappa shape index (κ2) is 6.78. The molecule has 0 saturated carbocycles. The van der Waals surface area contributed by atoms with Crippen LogP contribution in [0.5, 0.6) is 5.75 Å². The molecule has 0 saturated heterocycles. The lowest BCUT2D eigenvalue weighted by molar-refractivity contribution is -0.103. The number of carbonyl (C=O) groups is 1. The highest BCUT2D eigenvalue weighted by Crippen LogP contribution is 2.20. The Morgan fingerprint density at radius 3 is 2.65 bits per heavy atom. The minimum atomic E-state index is 0.375. The largest absolute Gasteiger partial charge is 0.487 e. The number of rotatable bonds is 3. The van der Waals surface area contributed by atoms with Gasteiger partial charge in [0.1, 0.15) is 18.4 Å². The van der Waals surface area contributed by atoms with E-state index in [9.17, 15) is 4.79 Å². The minimum Gasteiger partial charge on any atom is -0.487 e. The van der Waals surface area contributed by atoms with Gasteiger partial charge in [-0.2, -0.15) is 5.26 Å². The number of hydrogen-bond donors (Lipinski definition) is 0. The van der Waals surface area contributed by atoms with Crippen molar-refractivity contribution in [2.24, 2.45) is 0 Å². The van der Waals surface area contributed by atoms with Crippen LogP contribution >= 0.6 is 0 Å². The van der Waals surface area contributed by atoms with Crippen molar-refractivity contribution in [3.05, 3.63) is 65.2 Å². The molecule has 0 aliphatic rings. The molecule has 3 nitrogen and oxygen atoms in total. The van der Waals surface area contributed by atoms with Gasteiger partial charge >= 0.3 is 0 Å². The fourth-order valence-electron chi connectivity index (χ4n) is 1.66. The molecule has 96 valence electrons. The summed E-state index contributed by atoms with van der Waals surface area (Å²) in [6, 6.07) is 16.7. The molecule has 2 aromatic rings. The number of nitriles is 1. The van der Waals surface area contributed by atoms with Crippen molar-refractivity contribution in [2.45, 2.75) is 6.61 Å². The van der Waals surface area contributed by atoms with Crippen LogP contribution in [0.15, 0.2) is 48.5 Å². The van der Waals surface area contributed by atoms with Crippen LogP contribution in [-0.4, -0.2) is 6.29 Å². The summed E-state index contributed by atoms with van der Waals surface area (Å²) < 4.78 is 5.66. The predicted molar refractivity (Wildman–Crippen MR) is 74.9 cm³/mol. The third kappa shape index (κ3) is 3.48. The van der Waals surface area contributed by atoms with Gasteiger partial charge in [0.15, 0.2) is 6.29 Å². The molecule has 0 bridgehead atoms. The molecule has 0 radical (unpaired) electrons. The fraction of sp³-hybridized carbons (Fsp3) is 0.0588. The van der Waals surface area contributed by atoms with E-state index in [4.69, 9.17) is 10.00 Å². The molecular formula is C17H11NO2. The summed E-state index contributed by atoms with van der Waals surface area (Å²) in [6.45, 7) is 0.375. The first-order valence-electron chi connectivity index (χ1n) is 5.99. The molecular weight excluding hydrogens is 250 g/mol. The second-order valence-electron chi connectivity index (χ2n) is 3.98. The van der Waals surface area contributed by atoms with Crippen molar-refractivity contribution in [1.29, 1.82) is 5.26 Å². The van der Waals surface area contributed by atoms with Gasteiger partial charge in [-0.3, -0.25) is 4.79 Å². The first-order chi connectivity index (χ1) is 9.83. The lowest BCUT2D eigenvalue weighted by atomic mass is 10.1. The zero-order chi connectivity index (χ0) is 14.2. The van der Waals surface area contributed by atoms with Crippen LogP contribution in [0.3, 0.4) is 0 Å². The number of nitrogens with zero attached hydrogens (tertiary/aromatic N) is 1. The maximum Gasteiger partial charge on any atom is 0.193 e. The molecule has 0 atom stereocenters. The van der Waals surface area contributed by atoms with E-state index in [1.54, 1.807) is 18.2 Å². The first kappa shape index (κ1) is 13.4. The van der Waals surface area contributed by atoms with Gasteiger partial charge in [0.25, 0.3) is 0 Å². The van der Waals surface area contributed by atoms with Crippen molar-refractivity contribution < 1.29 is 9.53 Å². The van der Waals surface area contributed by atoms with Gasteiger partial charge in [0, 0.05) is 5.56 Å². The van der Waals surface area contributed by atoms with Gasteiger partial charge in [-0.05, 0) is 29.7 Å². The molecule has 0 amide bonds. The molecule has 0 aliphatic carbocycles. The number of ether oxygens (including phenoxy) is 1. The third-order valence-electron chi connectivity index (χ3n) is 2.61. The topological polar surface area (TPSA) is 50.1 Å². The molecule has 0 unspecified atom stereocenters. The van der Waals surface area contributed by atoms with E-state index >= 15 is 0 Å². The average molecular weight is 261 g/mol. The Morgan fingerprint density at radius 2 is 1.95 bits per heavy atom. The standard InChI is InChI=1S/C17H11NO2/c18-12-16-9-8-14(7-4-10-19)11-17(16)20-13-15-5-2-1-3-6-15/h1-3,5-6,8-11H,13H2. The summed E-state index contributed by atoms with van der Waals surface area (Å²) in [5, 5.41) is 9.06. The van der Waals surface area contributed by atoms with Crippen molar-refractivity contribution in [3.8, 4) is 23.7 Å². The summed E-state index contributed by atoms with van der Waals surface area (Å²) in [4.78, 5) is 10.2. The molecule has 0 aromatic heterocycles. The Morgan fingerprint density at radius 1 is 1.15 bits per heavy atom. The van der Waals surface area contributed by atoms with Gasteiger partial charge < -0.3 is 4.74 Å². The van der Waals surface area contributed by atoms with E-state index in [2.05, 4.69) is 17.9 Å². The number of benzene rings is 2. The van der Waals surface area contributed by atoms with Crippen LogP contribution < -0.4 is 4.74 Å². The maximum absolute atomic E-state index is 10.2. The van der Waals surface area contributed by atoms with Crippen LogP contribution in [0.25, 0.3) is 0 Å². The molecule has 2 rings (SSSR count). The Balaban J connectivity index is 2.21. The first-order valence-corrected chi connectivity index (χ1v) is 5.99. The van der Waals surface area contributed by atoms with Crippen molar-refractivity contribution in [1.82, 2.24) is 0 Å². The third-order valence-corrected chi connectivity index (χ3v) is 2.61. The van der Waals surface area contributed by atoms with Gasteiger partial charge in [0.05, 0.1) is 5.56 Å². The Hall–Kier alpha value is -3.04. The molecule has 2 aromatic carbocycles. The summed E-state index contributed by atoms with van der Waals surface area (Å²) in [5.74, 6) is 5.48. The lowest BCUT2D eigenvalue weighted by Crippen LogP contribution is -1.97. The highest BCUT2D eigenvalue weighted by molar-refractivity contribution is 5.74. The lowest BCUT2D eigenvalue weighted by Gasteiger charge is -2.08. The summed E-state index contributed by atoms with van der Waals surface area (Å²) in [7, 11) is 0. The van der Waals surface area contributed by atoms with Crippen LogP contribution in [0.1, 0.15) is 16.7 Å². The van der Waals surface area contributed by atoms with E-state index in [-0.39, 0.29) is 0 Å². The molecule has 20 heavy (non-hydrogen) atoms. The van der Waals surface area contributed by atoms with Gasteiger partial charge in [-0.1, -0.05) is 36.3 Å². The number of hydrogen-bond acceptors (Lipinski definition) is 3. The summed E-state index contributed by atoms with van der Waals surface area (Å²) >= 11 is 0. The molecule has 3 heteroatoms. The van der Waals surface area contributed by atoms with Crippen LogP contribution in [0.2, 0.25) is 0 Å². The highest BCUT2D eigenvalue weighted by Gasteiger charge is 2.04. The maximum atomic E-state index is 10.2. The Kier molecular flexibility index (Phi) is 4.54. The highest BCUT2D eigenvalue weighted by atomic mass is 16.5. The van der Waals surface area contributed by atoms with Gasteiger partial charge in [-0.25, -0.2) is 0 Å². The van der Waals surface area contributed by atoms with E-state index in [1.165, 1.54) is 0 Å². The zero-order valence-electron chi connectivity index (χ0n) is 10.7. The number of aldehydes is 1. The van der Waals surface area contributed by atoms with Gasteiger partial charge in [-0.15, -0.1) is 0 Å². The van der Waals surface area contributed by atoms with Crippen molar-refractivity contribution in [3.63, 3.8) is 0 Å². The molecule has 0 fully saturated rings. The van der Waals surface area contributed by atoms with E-state index in [0.29, 0.717) is 29.8 Å². The Labute approximate surface area is 117 Å². The van der Waals surface area contributed by atoms with Crippen molar-refractivity contribution >= 4 is 6.29 Å². The molecule has 0 aliphatic heterocycles. The smallest absolute Gasteiger partial charge is 0.193 e. The van der Waals surface area contributed by atoms with Crippen LogP contribution in [-0.2, 0) is 11.4 Å². The summed E-state index contributed by atoms with van der Waals surface area (Å²) in [5.41, 5.74) is 2.09. The second-order valence-corrected chi connectivity index (χ2v) is 3.98. The number of carbonyl (C=O) groups excluding carboxylic acids is 1. The van der Waals surface area contributed by atoms with Crippen LogP contribution in [0.4, 0.5) is 0 Å². The van der Waals surface area contributed by atoms with E-state index in [1.807, 2.05) is 30.3 Å². The fourth-order valence-corrected chi connectivity index (χ4v) is 1.66. The molecule has 0 spiro atoms. The normalized spacial score (nSPS) is 8.95. The van der Waals surface area contributed by atoms with E-state index in [0.717, 1.165) is 5.56 Å². The van der Waals surface area contributed by atoms with Gasteiger partial charge in [0.2, 0.25) is 0 Å². The predicted octanol–water partition coefficient (Wildman–Crippen LogP) is 2.69. The van der Waals surface area contributed by atoms with E-state index < -0.39 is 0 Å². The summed E-state index contributed by atoms with van der Waals surface area (Å²) in [6.07, 6.45) is 0.530. The zero-order valence-corrected chi connectivity index (χ0v) is 10.7.